The first kappa shape index (κ1) is 12.6. The van der Waals surface area contributed by atoms with Gasteiger partial charge in [0.25, 0.3) is 0 Å². The number of carbonyl (C=O) groups excluding carboxylic acids is 1. The molecule has 0 aliphatic heterocycles. The van der Waals surface area contributed by atoms with Crippen LogP contribution in [0.15, 0.2) is 42.9 Å². The van der Waals surface area contributed by atoms with Crippen LogP contribution in [0.2, 0.25) is 5.02 Å². The Labute approximate surface area is 119 Å². The molecule has 0 N–H and O–H groups in total. The highest BCUT2D eigenvalue weighted by Crippen LogP contribution is 2.26. The van der Waals surface area contributed by atoms with E-state index >= 15 is 0 Å². The predicted molar refractivity (Wildman–Crippen MR) is 74.4 cm³/mol. The van der Waals surface area contributed by atoms with Gasteiger partial charge in [0.05, 0.1) is 18.3 Å². The maximum Gasteiger partial charge on any atom is 0.234 e. The molecule has 2 aromatic heterocycles. The van der Waals surface area contributed by atoms with Gasteiger partial charge in [-0.05, 0) is 24.3 Å². The molecule has 0 spiro atoms. The van der Waals surface area contributed by atoms with Crippen molar-refractivity contribution in [1.29, 1.82) is 0 Å². The lowest BCUT2D eigenvalue weighted by Crippen LogP contribution is -2.05. The van der Waals surface area contributed by atoms with Crippen LogP contribution in [-0.2, 0) is 0 Å². The first-order valence-electron chi connectivity index (χ1n) is 5.87. The molecule has 0 aliphatic rings. The van der Waals surface area contributed by atoms with E-state index < -0.39 is 0 Å². The number of imidazole rings is 1. The predicted octanol–water partition coefficient (Wildman–Crippen LogP) is 2.62. The number of hydrogen-bond acceptors (Lipinski definition) is 4. The Bertz CT molecular complexity index is 798. The Balaban J connectivity index is 2.06. The van der Waals surface area contributed by atoms with Gasteiger partial charge < -0.3 is 4.74 Å². The molecule has 6 heteroatoms. The molecule has 1 aromatic carbocycles. The second-order valence-corrected chi connectivity index (χ2v) is 4.52. The molecule has 0 bridgehead atoms. The fourth-order valence-electron chi connectivity index (χ4n) is 1.95. The van der Waals surface area contributed by atoms with E-state index in [-0.39, 0.29) is 5.78 Å². The number of hydrogen-bond donors (Lipinski definition) is 0. The van der Waals surface area contributed by atoms with Crippen LogP contribution in [0.25, 0.3) is 5.78 Å². The van der Waals surface area contributed by atoms with Gasteiger partial charge in [-0.1, -0.05) is 11.6 Å². The van der Waals surface area contributed by atoms with Gasteiger partial charge in [0, 0.05) is 18.0 Å². The maximum atomic E-state index is 12.5. The average Bonchev–Trinajstić information content (AvgIpc) is 2.90. The van der Waals surface area contributed by atoms with E-state index in [1.165, 1.54) is 13.3 Å². The second kappa shape index (κ2) is 4.94. The minimum absolute atomic E-state index is 0.171. The van der Waals surface area contributed by atoms with E-state index in [1.54, 1.807) is 41.1 Å². The number of rotatable bonds is 3. The van der Waals surface area contributed by atoms with Crippen molar-refractivity contribution in [3.8, 4) is 5.75 Å². The van der Waals surface area contributed by atoms with Gasteiger partial charge in [-0.2, -0.15) is 0 Å². The molecule has 0 amide bonds. The molecule has 5 nitrogen and oxygen atoms in total. The molecule has 3 aromatic rings. The van der Waals surface area contributed by atoms with Crippen LogP contribution in [-0.4, -0.2) is 27.3 Å². The van der Waals surface area contributed by atoms with Gasteiger partial charge in [-0.25, -0.2) is 9.97 Å². The average molecular weight is 288 g/mol. The summed E-state index contributed by atoms with van der Waals surface area (Å²) in [7, 11) is 1.53. The van der Waals surface area contributed by atoms with Gasteiger partial charge in [-0.15, -0.1) is 0 Å². The van der Waals surface area contributed by atoms with E-state index in [4.69, 9.17) is 16.3 Å². The summed E-state index contributed by atoms with van der Waals surface area (Å²) in [5.41, 5.74) is 0.913. The molecular formula is C14H10ClN3O2. The second-order valence-electron chi connectivity index (χ2n) is 4.11. The number of halogens is 1. The fraction of sp³-hybridized carbons (Fsp3) is 0.0714. The van der Waals surface area contributed by atoms with E-state index in [9.17, 15) is 4.79 Å². The molecule has 2 heterocycles. The SMILES string of the molecule is COc1ccc(C(=O)c2cnc3ncccn23)cc1Cl. The summed E-state index contributed by atoms with van der Waals surface area (Å²) in [4.78, 5) is 20.7. The number of benzene rings is 1. The Kier molecular flexibility index (Phi) is 3.12. The topological polar surface area (TPSA) is 56.5 Å². The smallest absolute Gasteiger partial charge is 0.234 e. The van der Waals surface area contributed by atoms with Crippen LogP contribution in [0.1, 0.15) is 16.1 Å². The van der Waals surface area contributed by atoms with Crippen LogP contribution in [0, 0.1) is 0 Å². The minimum Gasteiger partial charge on any atom is -0.495 e. The Hall–Kier alpha value is -2.40. The molecule has 0 fully saturated rings. The highest BCUT2D eigenvalue weighted by Gasteiger charge is 2.16. The molecule has 0 unspecified atom stereocenters. The van der Waals surface area contributed by atoms with Crippen molar-refractivity contribution in [3.63, 3.8) is 0 Å². The van der Waals surface area contributed by atoms with Gasteiger partial charge >= 0.3 is 0 Å². The van der Waals surface area contributed by atoms with E-state index in [0.29, 0.717) is 27.8 Å². The van der Waals surface area contributed by atoms with E-state index in [1.807, 2.05) is 0 Å². The van der Waals surface area contributed by atoms with Crippen molar-refractivity contribution >= 4 is 23.2 Å². The van der Waals surface area contributed by atoms with Crippen LogP contribution in [0.5, 0.6) is 5.75 Å². The summed E-state index contributed by atoms with van der Waals surface area (Å²) in [6.07, 6.45) is 4.87. The third-order valence-corrected chi connectivity index (χ3v) is 3.23. The zero-order valence-corrected chi connectivity index (χ0v) is 11.3. The van der Waals surface area contributed by atoms with Crippen molar-refractivity contribution in [2.75, 3.05) is 7.11 Å². The number of methoxy groups -OCH3 is 1. The summed E-state index contributed by atoms with van der Waals surface area (Å²) in [6.45, 7) is 0. The van der Waals surface area contributed by atoms with Crippen LogP contribution < -0.4 is 4.74 Å². The largest absolute Gasteiger partial charge is 0.495 e. The van der Waals surface area contributed by atoms with Crippen molar-refractivity contribution in [2.45, 2.75) is 0 Å². The Morgan fingerprint density at radius 2 is 2.20 bits per heavy atom. The molecule has 20 heavy (non-hydrogen) atoms. The third-order valence-electron chi connectivity index (χ3n) is 2.94. The maximum absolute atomic E-state index is 12.5. The standard InChI is InChI=1S/C14H10ClN3O2/c1-20-12-4-3-9(7-10(12)15)13(19)11-8-17-14-16-5-2-6-18(11)14/h2-8H,1H3. The summed E-state index contributed by atoms with van der Waals surface area (Å²) < 4.78 is 6.71. The van der Waals surface area contributed by atoms with Gasteiger partial charge in [-0.3, -0.25) is 9.20 Å². The minimum atomic E-state index is -0.171. The number of ketones is 1. The number of fused-ring (bicyclic) bond motifs is 1. The molecule has 0 saturated carbocycles. The highest BCUT2D eigenvalue weighted by molar-refractivity contribution is 6.32. The van der Waals surface area contributed by atoms with Crippen LogP contribution >= 0.6 is 11.6 Å². The molecule has 0 saturated heterocycles. The number of aromatic nitrogens is 3. The normalized spacial score (nSPS) is 10.7. The van der Waals surface area contributed by atoms with Crippen molar-refractivity contribution < 1.29 is 9.53 Å². The van der Waals surface area contributed by atoms with Gasteiger partial charge in [0.2, 0.25) is 11.6 Å². The van der Waals surface area contributed by atoms with Crippen LogP contribution in [0.3, 0.4) is 0 Å². The van der Waals surface area contributed by atoms with Crippen molar-refractivity contribution in [2.24, 2.45) is 0 Å². The summed E-state index contributed by atoms with van der Waals surface area (Å²) >= 11 is 6.04. The van der Waals surface area contributed by atoms with Crippen molar-refractivity contribution in [3.05, 3.63) is 59.1 Å². The molecule has 0 atom stereocenters. The molecular weight excluding hydrogens is 278 g/mol. The van der Waals surface area contributed by atoms with Gasteiger partial charge in [0.15, 0.2) is 0 Å². The summed E-state index contributed by atoms with van der Waals surface area (Å²) in [5.74, 6) is 0.841. The third kappa shape index (κ3) is 2.02. The van der Waals surface area contributed by atoms with Crippen molar-refractivity contribution in [1.82, 2.24) is 14.4 Å². The van der Waals surface area contributed by atoms with Gasteiger partial charge in [0.1, 0.15) is 11.4 Å². The molecule has 0 radical (unpaired) electrons. The zero-order valence-electron chi connectivity index (χ0n) is 10.6. The monoisotopic (exact) mass is 287 g/mol. The van der Waals surface area contributed by atoms with Crippen LogP contribution in [0.4, 0.5) is 0 Å². The fourth-order valence-corrected chi connectivity index (χ4v) is 2.21. The quantitative estimate of drug-likeness (QED) is 0.695. The lowest BCUT2D eigenvalue weighted by Gasteiger charge is -2.05. The lowest BCUT2D eigenvalue weighted by atomic mass is 10.1. The molecule has 100 valence electrons. The lowest BCUT2D eigenvalue weighted by molar-refractivity contribution is 0.103. The number of ether oxygens (including phenoxy) is 1. The molecule has 0 aliphatic carbocycles. The molecule has 3 rings (SSSR count). The Morgan fingerprint density at radius 1 is 1.35 bits per heavy atom. The number of carbonyl (C=O) groups is 1. The summed E-state index contributed by atoms with van der Waals surface area (Å²) in [6, 6.07) is 6.66. The number of nitrogens with zero attached hydrogens (tertiary/aromatic N) is 3. The first-order valence-corrected chi connectivity index (χ1v) is 6.25. The van der Waals surface area contributed by atoms with E-state index in [2.05, 4.69) is 9.97 Å². The Morgan fingerprint density at radius 3 is 2.95 bits per heavy atom. The zero-order chi connectivity index (χ0) is 14.1. The summed E-state index contributed by atoms with van der Waals surface area (Å²) in [5, 5.41) is 0.394. The highest BCUT2D eigenvalue weighted by atomic mass is 35.5. The first-order chi connectivity index (χ1) is 9.70. The van der Waals surface area contributed by atoms with E-state index in [0.717, 1.165) is 0 Å².